The zero-order chi connectivity index (χ0) is 17.7. The molecule has 0 spiro atoms. The number of alkyl halides is 3. The number of imide groups is 1. The maximum atomic E-state index is 13.2. The molecule has 0 unspecified atom stereocenters. The van der Waals surface area contributed by atoms with Crippen molar-refractivity contribution in [2.24, 2.45) is 0 Å². The van der Waals surface area contributed by atoms with Crippen LogP contribution in [0.15, 0.2) is 24.3 Å². The molecule has 0 atom stereocenters. The van der Waals surface area contributed by atoms with Crippen molar-refractivity contribution in [3.05, 3.63) is 30.1 Å². The number of amides is 3. The van der Waals surface area contributed by atoms with Crippen molar-refractivity contribution in [2.75, 3.05) is 6.54 Å². The summed E-state index contributed by atoms with van der Waals surface area (Å²) in [5.74, 6) is -1.51. The van der Waals surface area contributed by atoms with Gasteiger partial charge in [-0.15, -0.1) is 0 Å². The van der Waals surface area contributed by atoms with Crippen LogP contribution in [0.3, 0.4) is 0 Å². The highest BCUT2D eigenvalue weighted by atomic mass is 19.4. The highest BCUT2D eigenvalue weighted by molar-refractivity contribution is 6.06. The first-order valence-electron chi connectivity index (χ1n) is 7.28. The maximum absolute atomic E-state index is 13.2. The molecule has 0 aliphatic carbocycles. The highest BCUT2D eigenvalue weighted by Gasteiger charge is 2.44. The summed E-state index contributed by atoms with van der Waals surface area (Å²) in [6.45, 7) is 2.73. The first-order chi connectivity index (χ1) is 11.1. The molecule has 1 aromatic carbocycles. The normalized spacial score (nSPS) is 17.6. The van der Waals surface area contributed by atoms with Crippen molar-refractivity contribution in [3.63, 3.8) is 0 Å². The average Bonchev–Trinajstić information content (AvgIpc) is 2.94. The summed E-state index contributed by atoms with van der Waals surface area (Å²) in [5, 5.41) is 2.50. The Morgan fingerprint density at radius 1 is 1.17 bits per heavy atom. The first-order valence-corrected chi connectivity index (χ1v) is 7.28. The van der Waals surface area contributed by atoms with Gasteiger partial charge in [-0.2, -0.15) is 13.2 Å². The van der Waals surface area contributed by atoms with E-state index in [1.807, 2.05) is 0 Å². The summed E-state index contributed by atoms with van der Waals surface area (Å²) in [6.07, 6.45) is -4.63. The third-order valence-corrected chi connectivity index (χ3v) is 3.90. The molecule has 1 N–H and O–H groups in total. The number of carbonyl (C=O) groups is 2. The van der Waals surface area contributed by atoms with Gasteiger partial charge >= 0.3 is 12.2 Å². The Kier molecular flexibility index (Phi) is 3.54. The predicted octanol–water partition coefficient (Wildman–Crippen LogP) is 2.39. The van der Waals surface area contributed by atoms with E-state index in [9.17, 15) is 22.8 Å². The van der Waals surface area contributed by atoms with E-state index in [1.54, 1.807) is 26.0 Å². The van der Waals surface area contributed by atoms with Crippen molar-refractivity contribution in [1.82, 2.24) is 19.8 Å². The van der Waals surface area contributed by atoms with Crippen LogP contribution in [-0.4, -0.2) is 38.5 Å². The fraction of sp³-hybridized carbons (Fsp3) is 0.400. The number of hydrogen-bond donors (Lipinski definition) is 1. The van der Waals surface area contributed by atoms with Gasteiger partial charge in [-0.25, -0.2) is 9.78 Å². The zero-order valence-electron chi connectivity index (χ0n) is 13.0. The first kappa shape index (κ1) is 16.3. The van der Waals surface area contributed by atoms with Crippen LogP contribution >= 0.6 is 0 Å². The van der Waals surface area contributed by atoms with Crippen LogP contribution in [0.4, 0.5) is 18.0 Å². The standard InChI is InChI=1S/C15H15F3N4O2/c1-14(2)12(23)22(13(24)20-14)8-7-21-10-6-4-3-5-9(10)19-11(21)15(16,17)18/h3-6H,7-8H2,1-2H3,(H,20,24). The summed E-state index contributed by atoms with van der Waals surface area (Å²) in [6, 6.07) is 5.60. The molecule has 1 aliphatic heterocycles. The number of benzene rings is 1. The lowest BCUT2D eigenvalue weighted by Gasteiger charge is -2.17. The van der Waals surface area contributed by atoms with Crippen molar-refractivity contribution in [3.8, 4) is 0 Å². The fourth-order valence-electron chi connectivity index (χ4n) is 2.74. The number of carbonyl (C=O) groups excluding carboxylic acids is 2. The Morgan fingerprint density at radius 3 is 2.42 bits per heavy atom. The topological polar surface area (TPSA) is 67.2 Å². The van der Waals surface area contributed by atoms with Gasteiger partial charge in [0.05, 0.1) is 11.0 Å². The van der Waals surface area contributed by atoms with Gasteiger partial charge in [-0.1, -0.05) is 12.1 Å². The van der Waals surface area contributed by atoms with E-state index < -0.39 is 29.5 Å². The number of halogens is 3. The molecule has 0 saturated carbocycles. The van der Waals surface area contributed by atoms with Crippen molar-refractivity contribution in [2.45, 2.75) is 32.1 Å². The Morgan fingerprint density at radius 2 is 1.83 bits per heavy atom. The van der Waals surface area contributed by atoms with E-state index in [0.717, 1.165) is 9.47 Å². The molecule has 3 rings (SSSR count). The fourth-order valence-corrected chi connectivity index (χ4v) is 2.74. The number of nitrogens with one attached hydrogen (secondary N) is 1. The third kappa shape index (κ3) is 2.59. The zero-order valence-corrected chi connectivity index (χ0v) is 13.0. The molecule has 0 bridgehead atoms. The molecule has 2 aromatic rings. The van der Waals surface area contributed by atoms with E-state index in [2.05, 4.69) is 10.3 Å². The van der Waals surface area contributed by atoms with Gasteiger partial charge in [0.15, 0.2) is 0 Å². The molecule has 9 heteroatoms. The quantitative estimate of drug-likeness (QED) is 0.873. The van der Waals surface area contributed by atoms with Gasteiger partial charge < -0.3 is 9.88 Å². The molecular formula is C15H15F3N4O2. The SMILES string of the molecule is CC1(C)NC(=O)N(CCn2c(C(F)(F)F)nc3ccccc32)C1=O. The molecule has 1 aromatic heterocycles. The molecule has 1 saturated heterocycles. The number of para-hydroxylation sites is 2. The van der Waals surface area contributed by atoms with Gasteiger partial charge in [0.2, 0.25) is 5.82 Å². The minimum atomic E-state index is -4.63. The number of imidazole rings is 1. The molecule has 0 radical (unpaired) electrons. The molecule has 6 nitrogen and oxygen atoms in total. The number of rotatable bonds is 3. The Balaban J connectivity index is 1.93. The smallest absolute Gasteiger partial charge is 0.324 e. The molecule has 1 aliphatic rings. The number of fused-ring (bicyclic) bond motifs is 1. The van der Waals surface area contributed by atoms with Crippen molar-refractivity contribution in [1.29, 1.82) is 0 Å². The molecule has 1 fully saturated rings. The Hall–Kier alpha value is -2.58. The van der Waals surface area contributed by atoms with Crippen molar-refractivity contribution >= 4 is 23.0 Å². The van der Waals surface area contributed by atoms with Crippen molar-refractivity contribution < 1.29 is 22.8 Å². The van der Waals surface area contributed by atoms with Gasteiger partial charge in [0, 0.05) is 13.1 Å². The van der Waals surface area contributed by atoms with E-state index in [1.165, 1.54) is 12.1 Å². The number of aromatic nitrogens is 2. The second-order valence-corrected chi connectivity index (χ2v) is 6.09. The number of hydrogen-bond acceptors (Lipinski definition) is 3. The van der Waals surface area contributed by atoms with Crippen LogP contribution in [-0.2, 0) is 17.5 Å². The summed E-state index contributed by atoms with van der Waals surface area (Å²) in [7, 11) is 0. The third-order valence-electron chi connectivity index (χ3n) is 3.90. The lowest BCUT2D eigenvalue weighted by atomic mass is 10.1. The molecule has 24 heavy (non-hydrogen) atoms. The molecule has 3 amide bonds. The van der Waals surface area contributed by atoms with E-state index >= 15 is 0 Å². The summed E-state index contributed by atoms with van der Waals surface area (Å²) in [5.41, 5.74) is -0.542. The summed E-state index contributed by atoms with van der Waals surface area (Å²) < 4.78 is 40.6. The number of nitrogens with zero attached hydrogens (tertiary/aromatic N) is 3. The van der Waals surface area contributed by atoms with E-state index in [0.29, 0.717) is 5.52 Å². The average molecular weight is 340 g/mol. The van der Waals surface area contributed by atoms with Gasteiger partial charge in [0.1, 0.15) is 5.54 Å². The molecule has 128 valence electrons. The van der Waals surface area contributed by atoms with Gasteiger partial charge in [0.25, 0.3) is 5.91 Å². The minimum absolute atomic E-state index is 0.169. The lowest BCUT2D eigenvalue weighted by molar-refractivity contribution is -0.147. The largest absolute Gasteiger partial charge is 0.449 e. The Bertz CT molecular complexity index is 826. The second-order valence-electron chi connectivity index (χ2n) is 6.09. The minimum Gasteiger partial charge on any atom is -0.324 e. The van der Waals surface area contributed by atoms with E-state index in [4.69, 9.17) is 0 Å². The maximum Gasteiger partial charge on any atom is 0.449 e. The lowest BCUT2D eigenvalue weighted by Crippen LogP contribution is -2.40. The monoisotopic (exact) mass is 340 g/mol. The highest BCUT2D eigenvalue weighted by Crippen LogP contribution is 2.31. The van der Waals surface area contributed by atoms with Gasteiger partial charge in [-0.05, 0) is 26.0 Å². The van der Waals surface area contributed by atoms with Crippen LogP contribution in [0.1, 0.15) is 19.7 Å². The second kappa shape index (κ2) is 5.22. The van der Waals surface area contributed by atoms with Crippen LogP contribution in [0.5, 0.6) is 0 Å². The van der Waals surface area contributed by atoms with Crippen LogP contribution in [0.25, 0.3) is 11.0 Å². The molecular weight excluding hydrogens is 325 g/mol. The van der Waals surface area contributed by atoms with Crippen LogP contribution in [0, 0.1) is 0 Å². The summed E-state index contributed by atoms with van der Waals surface area (Å²) >= 11 is 0. The van der Waals surface area contributed by atoms with Crippen LogP contribution < -0.4 is 5.32 Å². The number of urea groups is 1. The summed E-state index contributed by atoms with van der Waals surface area (Å²) in [4.78, 5) is 28.5. The van der Waals surface area contributed by atoms with E-state index in [-0.39, 0.29) is 18.6 Å². The molecule has 2 heterocycles. The Labute approximate surface area is 135 Å². The predicted molar refractivity (Wildman–Crippen MR) is 79.1 cm³/mol. The van der Waals surface area contributed by atoms with Crippen LogP contribution in [0.2, 0.25) is 0 Å². The van der Waals surface area contributed by atoms with Gasteiger partial charge in [-0.3, -0.25) is 9.69 Å².